The Morgan fingerprint density at radius 3 is 2.78 bits per heavy atom. The molecule has 0 heterocycles. The van der Waals surface area contributed by atoms with Crippen LogP contribution < -0.4 is 11.1 Å². The number of hydrogen-bond acceptors (Lipinski definition) is 2. The molecule has 1 aromatic rings. The fraction of sp³-hybridized carbons (Fsp3) is 0.462. The highest BCUT2D eigenvalue weighted by atomic mass is 19.2. The third-order valence-electron chi connectivity index (χ3n) is 2.67. The van der Waals surface area contributed by atoms with E-state index in [2.05, 4.69) is 5.32 Å². The molecular weight excluding hydrogens is 238 g/mol. The van der Waals surface area contributed by atoms with E-state index >= 15 is 0 Å². The summed E-state index contributed by atoms with van der Waals surface area (Å²) in [7, 11) is 0. The van der Waals surface area contributed by atoms with E-state index in [1.165, 1.54) is 12.1 Å². The van der Waals surface area contributed by atoms with Crippen molar-refractivity contribution in [3.8, 4) is 0 Å². The number of nitrogens with two attached hydrogens (primary N) is 1. The van der Waals surface area contributed by atoms with Gasteiger partial charge in [0, 0.05) is 18.2 Å². The predicted molar refractivity (Wildman–Crippen MR) is 66.0 cm³/mol. The van der Waals surface area contributed by atoms with Crippen LogP contribution in [-0.4, -0.2) is 18.5 Å². The number of carbonyl (C=O) groups is 1. The Bertz CT molecular complexity index is 410. The van der Waals surface area contributed by atoms with Crippen LogP contribution in [0.2, 0.25) is 0 Å². The van der Waals surface area contributed by atoms with Crippen molar-refractivity contribution in [1.29, 1.82) is 0 Å². The Morgan fingerprint density at radius 1 is 1.44 bits per heavy atom. The minimum Gasteiger partial charge on any atom is -0.352 e. The lowest BCUT2D eigenvalue weighted by atomic mass is 10.1. The molecule has 1 amide bonds. The number of nitrogens with one attached hydrogen (secondary N) is 1. The molecule has 0 aliphatic carbocycles. The maximum atomic E-state index is 13.3. The third kappa shape index (κ3) is 4.07. The van der Waals surface area contributed by atoms with Gasteiger partial charge in [-0.1, -0.05) is 25.5 Å². The molecule has 1 unspecified atom stereocenters. The van der Waals surface area contributed by atoms with Gasteiger partial charge in [-0.15, -0.1) is 0 Å². The second kappa shape index (κ2) is 7.06. The van der Waals surface area contributed by atoms with Crippen LogP contribution in [0.3, 0.4) is 0 Å². The summed E-state index contributed by atoms with van der Waals surface area (Å²) in [5.74, 6) is -2.25. The molecule has 0 saturated heterocycles. The second-order valence-electron chi connectivity index (χ2n) is 4.18. The molecule has 0 aliphatic heterocycles. The van der Waals surface area contributed by atoms with E-state index in [1.54, 1.807) is 0 Å². The van der Waals surface area contributed by atoms with Gasteiger partial charge in [0.25, 0.3) is 0 Å². The van der Waals surface area contributed by atoms with Gasteiger partial charge >= 0.3 is 0 Å². The topological polar surface area (TPSA) is 55.1 Å². The molecule has 0 saturated carbocycles. The summed E-state index contributed by atoms with van der Waals surface area (Å²) >= 11 is 0. The van der Waals surface area contributed by atoms with Gasteiger partial charge in [-0.05, 0) is 12.5 Å². The summed E-state index contributed by atoms with van der Waals surface area (Å²) in [4.78, 5) is 11.7. The number of benzene rings is 1. The van der Waals surface area contributed by atoms with Gasteiger partial charge in [-0.25, -0.2) is 8.78 Å². The van der Waals surface area contributed by atoms with E-state index in [9.17, 15) is 13.6 Å². The minimum absolute atomic E-state index is 0.0553. The number of hydrogen-bond donors (Lipinski definition) is 2. The van der Waals surface area contributed by atoms with Crippen LogP contribution in [0, 0.1) is 11.6 Å². The molecule has 0 radical (unpaired) electrons. The summed E-state index contributed by atoms with van der Waals surface area (Å²) in [5, 5.41) is 2.71. The average Bonchev–Trinajstić information content (AvgIpc) is 2.34. The molecule has 18 heavy (non-hydrogen) atoms. The molecule has 1 atom stereocenters. The molecule has 3 N–H and O–H groups in total. The molecule has 1 aromatic carbocycles. The first-order valence-corrected chi connectivity index (χ1v) is 6.00. The predicted octanol–water partition coefficient (Wildman–Crippen LogP) is 1.75. The fourth-order valence-electron chi connectivity index (χ4n) is 1.73. The quantitative estimate of drug-likeness (QED) is 0.814. The third-order valence-corrected chi connectivity index (χ3v) is 2.67. The Kier molecular flexibility index (Phi) is 5.71. The standard InChI is InChI=1S/C13H18F2N2O/c1-2-4-10(8-16)17-12(18)7-9-5-3-6-11(14)13(9)15/h3,5-6,10H,2,4,7-8,16H2,1H3,(H,17,18). The van der Waals surface area contributed by atoms with Gasteiger partial charge in [-0.3, -0.25) is 4.79 Å². The van der Waals surface area contributed by atoms with Crippen molar-refractivity contribution in [3.63, 3.8) is 0 Å². The minimum atomic E-state index is -0.965. The van der Waals surface area contributed by atoms with E-state index in [-0.39, 0.29) is 23.9 Å². The molecule has 1 rings (SSSR count). The van der Waals surface area contributed by atoms with Crippen LogP contribution in [0.4, 0.5) is 8.78 Å². The lowest BCUT2D eigenvalue weighted by molar-refractivity contribution is -0.121. The van der Waals surface area contributed by atoms with E-state index in [1.807, 2.05) is 6.92 Å². The highest BCUT2D eigenvalue weighted by Gasteiger charge is 2.14. The number of carbonyl (C=O) groups excluding carboxylic acids is 1. The first kappa shape index (κ1) is 14.6. The lowest BCUT2D eigenvalue weighted by Crippen LogP contribution is -2.40. The maximum absolute atomic E-state index is 13.3. The van der Waals surface area contributed by atoms with E-state index < -0.39 is 11.6 Å². The molecular formula is C13H18F2N2O. The lowest BCUT2D eigenvalue weighted by Gasteiger charge is -2.16. The summed E-state index contributed by atoms with van der Waals surface area (Å²) in [6, 6.07) is 3.69. The molecule has 3 nitrogen and oxygen atoms in total. The number of rotatable bonds is 6. The van der Waals surface area contributed by atoms with E-state index in [0.717, 1.165) is 18.9 Å². The van der Waals surface area contributed by atoms with Crippen molar-refractivity contribution in [2.75, 3.05) is 6.54 Å². The van der Waals surface area contributed by atoms with Crippen molar-refractivity contribution in [1.82, 2.24) is 5.32 Å². The molecule has 0 fully saturated rings. The summed E-state index contributed by atoms with van der Waals surface area (Å²) in [6.45, 7) is 2.33. The van der Waals surface area contributed by atoms with Crippen molar-refractivity contribution in [2.24, 2.45) is 5.73 Å². The first-order chi connectivity index (χ1) is 8.58. The summed E-state index contributed by atoms with van der Waals surface area (Å²) in [6.07, 6.45) is 1.49. The highest BCUT2D eigenvalue weighted by molar-refractivity contribution is 5.78. The van der Waals surface area contributed by atoms with Gasteiger partial charge < -0.3 is 11.1 Å². The molecule has 0 aromatic heterocycles. The Hall–Kier alpha value is -1.49. The monoisotopic (exact) mass is 256 g/mol. The fourth-order valence-corrected chi connectivity index (χ4v) is 1.73. The molecule has 100 valence electrons. The zero-order valence-electron chi connectivity index (χ0n) is 10.4. The average molecular weight is 256 g/mol. The Balaban J connectivity index is 2.61. The molecule has 5 heteroatoms. The van der Waals surface area contributed by atoms with Gasteiger partial charge in [0.2, 0.25) is 5.91 Å². The SMILES string of the molecule is CCCC(CN)NC(=O)Cc1cccc(F)c1F. The second-order valence-corrected chi connectivity index (χ2v) is 4.18. The van der Waals surface area contributed by atoms with Crippen LogP contribution in [0.25, 0.3) is 0 Å². The van der Waals surface area contributed by atoms with Crippen LogP contribution in [-0.2, 0) is 11.2 Å². The molecule has 0 spiro atoms. The first-order valence-electron chi connectivity index (χ1n) is 6.00. The van der Waals surface area contributed by atoms with Crippen molar-refractivity contribution in [3.05, 3.63) is 35.4 Å². The zero-order chi connectivity index (χ0) is 13.5. The van der Waals surface area contributed by atoms with Crippen LogP contribution in [0.1, 0.15) is 25.3 Å². The van der Waals surface area contributed by atoms with Crippen molar-refractivity contribution >= 4 is 5.91 Å². The van der Waals surface area contributed by atoms with Gasteiger partial charge in [0.15, 0.2) is 11.6 Å². The van der Waals surface area contributed by atoms with Gasteiger partial charge in [0.1, 0.15) is 0 Å². The van der Waals surface area contributed by atoms with Crippen LogP contribution in [0.15, 0.2) is 18.2 Å². The normalized spacial score (nSPS) is 12.2. The van der Waals surface area contributed by atoms with E-state index in [0.29, 0.717) is 6.54 Å². The smallest absolute Gasteiger partial charge is 0.224 e. The van der Waals surface area contributed by atoms with Crippen molar-refractivity contribution in [2.45, 2.75) is 32.2 Å². The molecule has 0 aliphatic rings. The van der Waals surface area contributed by atoms with Crippen LogP contribution >= 0.6 is 0 Å². The van der Waals surface area contributed by atoms with Crippen LogP contribution in [0.5, 0.6) is 0 Å². The van der Waals surface area contributed by atoms with Gasteiger partial charge in [0.05, 0.1) is 6.42 Å². The molecule has 0 bridgehead atoms. The zero-order valence-corrected chi connectivity index (χ0v) is 10.4. The Morgan fingerprint density at radius 2 is 2.17 bits per heavy atom. The number of amides is 1. The Labute approximate surface area is 105 Å². The van der Waals surface area contributed by atoms with E-state index in [4.69, 9.17) is 5.73 Å². The summed E-state index contributed by atoms with van der Waals surface area (Å²) < 4.78 is 26.3. The highest BCUT2D eigenvalue weighted by Crippen LogP contribution is 2.12. The van der Waals surface area contributed by atoms with Crippen molar-refractivity contribution < 1.29 is 13.6 Å². The number of halogens is 2. The largest absolute Gasteiger partial charge is 0.352 e. The summed E-state index contributed by atoms with van der Waals surface area (Å²) in [5.41, 5.74) is 5.56. The van der Waals surface area contributed by atoms with Gasteiger partial charge in [-0.2, -0.15) is 0 Å². The maximum Gasteiger partial charge on any atom is 0.224 e.